The second-order valence-electron chi connectivity index (χ2n) is 14.1. The van der Waals surface area contributed by atoms with Crippen LogP contribution >= 0.6 is 0 Å². The maximum absolute atomic E-state index is 7.04. The summed E-state index contributed by atoms with van der Waals surface area (Å²) in [5.41, 5.74) is 9.07. The van der Waals surface area contributed by atoms with Crippen LogP contribution in [0, 0.1) is 0 Å². The zero-order chi connectivity index (χ0) is 34.8. The SMILES string of the molecule is C[Si]1(C)c2cc(N(c3ccccc3)c3ccccc3)c3ccccc3c2-c2oc3ccc4c(N(c5ccccc5)c5ccccc5)cccc4c3c21. The Hall–Kier alpha value is -6.36. The molecule has 2 heterocycles. The van der Waals surface area contributed by atoms with E-state index in [0.717, 1.165) is 39.8 Å². The van der Waals surface area contributed by atoms with Gasteiger partial charge in [0.25, 0.3) is 0 Å². The number of benzene rings is 8. The van der Waals surface area contributed by atoms with Crippen molar-refractivity contribution in [3.05, 3.63) is 182 Å². The minimum Gasteiger partial charge on any atom is -0.456 e. The highest BCUT2D eigenvalue weighted by Crippen LogP contribution is 2.47. The summed E-state index contributed by atoms with van der Waals surface area (Å²) in [6.07, 6.45) is 0. The van der Waals surface area contributed by atoms with Crippen LogP contribution in [-0.4, -0.2) is 8.07 Å². The number of anilines is 6. The molecular formula is C48H36N2OSi. The number of para-hydroxylation sites is 4. The lowest BCUT2D eigenvalue weighted by Gasteiger charge is -2.29. The van der Waals surface area contributed by atoms with E-state index in [0.29, 0.717) is 0 Å². The van der Waals surface area contributed by atoms with E-state index in [1.54, 1.807) is 0 Å². The fourth-order valence-electron chi connectivity index (χ4n) is 8.48. The van der Waals surface area contributed by atoms with Crippen LogP contribution in [0.15, 0.2) is 186 Å². The van der Waals surface area contributed by atoms with Crippen molar-refractivity contribution in [1.29, 1.82) is 0 Å². The van der Waals surface area contributed by atoms with Crippen LogP contribution in [0.25, 0.3) is 43.8 Å². The predicted octanol–water partition coefficient (Wildman–Crippen LogP) is 12.5. The summed E-state index contributed by atoms with van der Waals surface area (Å²) < 4.78 is 7.04. The van der Waals surface area contributed by atoms with Gasteiger partial charge < -0.3 is 14.2 Å². The highest BCUT2D eigenvalue weighted by atomic mass is 28.3. The Kier molecular flexibility index (Phi) is 6.95. The molecule has 1 aromatic heterocycles. The molecule has 8 aromatic carbocycles. The number of fused-ring (bicyclic) bond motifs is 9. The first kappa shape index (κ1) is 30.5. The van der Waals surface area contributed by atoms with E-state index in [2.05, 4.69) is 205 Å². The Bertz CT molecular complexity index is 2680. The maximum atomic E-state index is 7.04. The van der Waals surface area contributed by atoms with E-state index in [1.165, 1.54) is 48.6 Å². The molecule has 0 amide bonds. The van der Waals surface area contributed by atoms with Crippen LogP contribution in [0.2, 0.25) is 13.1 Å². The lowest BCUT2D eigenvalue weighted by molar-refractivity contribution is 0.635. The lowest BCUT2D eigenvalue weighted by Crippen LogP contribution is -2.49. The molecule has 52 heavy (non-hydrogen) atoms. The summed E-state index contributed by atoms with van der Waals surface area (Å²) in [6.45, 7) is 5.01. The normalized spacial score (nSPS) is 13.0. The quantitative estimate of drug-likeness (QED) is 0.163. The Morgan fingerprint density at radius 2 is 0.885 bits per heavy atom. The topological polar surface area (TPSA) is 19.6 Å². The van der Waals surface area contributed by atoms with Gasteiger partial charge in [0.2, 0.25) is 0 Å². The smallest absolute Gasteiger partial charge is 0.135 e. The van der Waals surface area contributed by atoms with Crippen molar-refractivity contribution in [2.24, 2.45) is 0 Å². The van der Waals surface area contributed by atoms with Crippen LogP contribution < -0.4 is 20.2 Å². The van der Waals surface area contributed by atoms with Crippen molar-refractivity contribution in [2.45, 2.75) is 13.1 Å². The van der Waals surface area contributed by atoms with Crippen LogP contribution in [0.3, 0.4) is 0 Å². The molecule has 10 rings (SSSR count). The first-order chi connectivity index (χ1) is 25.6. The molecule has 4 heteroatoms. The van der Waals surface area contributed by atoms with Crippen LogP contribution in [-0.2, 0) is 0 Å². The van der Waals surface area contributed by atoms with Crippen molar-refractivity contribution in [3.63, 3.8) is 0 Å². The molecule has 0 N–H and O–H groups in total. The Labute approximate surface area is 304 Å². The van der Waals surface area contributed by atoms with Crippen molar-refractivity contribution in [3.8, 4) is 11.3 Å². The summed E-state index contributed by atoms with van der Waals surface area (Å²) in [7, 11) is -2.31. The first-order valence-corrected chi connectivity index (χ1v) is 21.0. The largest absolute Gasteiger partial charge is 0.456 e. The zero-order valence-corrected chi connectivity index (χ0v) is 30.1. The highest BCUT2D eigenvalue weighted by molar-refractivity contribution is 7.05. The van der Waals surface area contributed by atoms with Gasteiger partial charge in [0.05, 0.1) is 11.4 Å². The Morgan fingerprint density at radius 1 is 0.423 bits per heavy atom. The van der Waals surface area contributed by atoms with Crippen LogP contribution in [0.4, 0.5) is 34.1 Å². The molecule has 0 bridgehead atoms. The van der Waals surface area contributed by atoms with Crippen molar-refractivity contribution < 1.29 is 4.42 Å². The molecule has 0 aliphatic carbocycles. The molecule has 248 valence electrons. The number of furan rings is 1. The lowest BCUT2D eigenvalue weighted by atomic mass is 9.99. The van der Waals surface area contributed by atoms with Gasteiger partial charge in [0.15, 0.2) is 0 Å². The van der Waals surface area contributed by atoms with E-state index in [1.807, 2.05) is 0 Å². The molecule has 0 saturated carbocycles. The average Bonchev–Trinajstić information content (AvgIpc) is 3.70. The third-order valence-corrected chi connectivity index (χ3v) is 14.2. The van der Waals surface area contributed by atoms with Gasteiger partial charge in [-0.15, -0.1) is 0 Å². The van der Waals surface area contributed by atoms with E-state index in [4.69, 9.17) is 4.42 Å². The number of hydrogen-bond donors (Lipinski definition) is 0. The van der Waals surface area contributed by atoms with Crippen LogP contribution in [0.5, 0.6) is 0 Å². The van der Waals surface area contributed by atoms with Gasteiger partial charge in [-0.2, -0.15) is 0 Å². The summed E-state index contributed by atoms with van der Waals surface area (Å²) >= 11 is 0. The van der Waals surface area contributed by atoms with Gasteiger partial charge >= 0.3 is 0 Å². The van der Waals surface area contributed by atoms with E-state index >= 15 is 0 Å². The highest BCUT2D eigenvalue weighted by Gasteiger charge is 2.44. The van der Waals surface area contributed by atoms with Crippen LogP contribution in [0.1, 0.15) is 0 Å². The number of nitrogens with zero attached hydrogens (tertiary/aromatic N) is 2. The minimum absolute atomic E-state index is 0.954. The molecule has 0 radical (unpaired) electrons. The molecular weight excluding hydrogens is 649 g/mol. The monoisotopic (exact) mass is 684 g/mol. The number of rotatable bonds is 6. The second-order valence-corrected chi connectivity index (χ2v) is 18.4. The van der Waals surface area contributed by atoms with Gasteiger partial charge in [0.1, 0.15) is 19.4 Å². The zero-order valence-electron chi connectivity index (χ0n) is 29.1. The molecule has 0 saturated heterocycles. The summed E-state index contributed by atoms with van der Waals surface area (Å²) in [4.78, 5) is 4.78. The molecule has 0 unspecified atom stereocenters. The molecule has 1 aliphatic heterocycles. The van der Waals surface area contributed by atoms with Gasteiger partial charge in [0, 0.05) is 44.5 Å². The molecule has 1 aliphatic rings. The Morgan fingerprint density at radius 3 is 1.44 bits per heavy atom. The second kappa shape index (κ2) is 11.9. The van der Waals surface area contributed by atoms with Gasteiger partial charge in [-0.3, -0.25) is 0 Å². The van der Waals surface area contributed by atoms with Crippen molar-refractivity contribution >= 4 is 85.1 Å². The summed E-state index contributed by atoms with van der Waals surface area (Å²) in [5.74, 6) is 1.04. The van der Waals surface area contributed by atoms with E-state index in [9.17, 15) is 0 Å². The molecule has 0 spiro atoms. The van der Waals surface area contributed by atoms with Gasteiger partial charge in [-0.05, 0) is 93.9 Å². The third-order valence-electron chi connectivity index (χ3n) is 10.8. The van der Waals surface area contributed by atoms with E-state index in [-0.39, 0.29) is 0 Å². The fraction of sp³-hybridized carbons (Fsp3) is 0.0417. The van der Waals surface area contributed by atoms with E-state index < -0.39 is 8.07 Å². The number of hydrogen-bond acceptors (Lipinski definition) is 3. The maximum Gasteiger partial charge on any atom is 0.135 e. The predicted molar refractivity (Wildman–Crippen MR) is 223 cm³/mol. The minimum atomic E-state index is -2.31. The third kappa shape index (κ3) is 4.58. The summed E-state index contributed by atoms with van der Waals surface area (Å²) in [5, 5.41) is 8.92. The fourth-order valence-corrected chi connectivity index (χ4v) is 11.7. The van der Waals surface area contributed by atoms with Gasteiger partial charge in [-0.1, -0.05) is 122 Å². The molecule has 0 fully saturated rings. The summed E-state index contributed by atoms with van der Waals surface area (Å²) in [6, 6.07) is 65.3. The van der Waals surface area contributed by atoms with Crippen molar-refractivity contribution in [2.75, 3.05) is 9.80 Å². The average molecular weight is 685 g/mol. The molecule has 3 nitrogen and oxygen atoms in total. The van der Waals surface area contributed by atoms with Crippen molar-refractivity contribution in [1.82, 2.24) is 0 Å². The molecule has 9 aromatic rings. The first-order valence-electron chi connectivity index (χ1n) is 18.0. The Balaban J connectivity index is 1.23. The molecule has 0 atom stereocenters. The van der Waals surface area contributed by atoms with Gasteiger partial charge in [-0.25, -0.2) is 0 Å². The standard InChI is InChI=1S/C48H36N2OSi/c1-52(2)44-32-42(50(35-22-11-5-12-23-35)36-24-13-6-14-25-36)37-26-15-16-27-40(37)46(44)47-48(52)45-39-28-17-29-41(38(39)30-31-43(45)51-47)49(33-18-7-3-8-19-33)34-20-9-4-10-21-34/h3-32H,1-2H3.